The lowest BCUT2D eigenvalue weighted by molar-refractivity contribution is -0.141. The smallest absolute Gasteiger partial charge is 0.325 e. The van der Waals surface area contributed by atoms with Crippen molar-refractivity contribution in [2.45, 2.75) is 26.3 Å². The predicted molar refractivity (Wildman–Crippen MR) is 115 cm³/mol. The van der Waals surface area contributed by atoms with Crippen molar-refractivity contribution in [2.75, 3.05) is 21.3 Å². The van der Waals surface area contributed by atoms with E-state index in [0.717, 1.165) is 10.2 Å². The van der Waals surface area contributed by atoms with Crippen LogP contribution in [-0.2, 0) is 16.1 Å². The summed E-state index contributed by atoms with van der Waals surface area (Å²) in [5, 5.41) is 0. The first-order valence-electron chi connectivity index (χ1n) is 9.38. The molecule has 0 unspecified atom stereocenters. The van der Waals surface area contributed by atoms with Crippen molar-refractivity contribution in [3.63, 3.8) is 0 Å². The summed E-state index contributed by atoms with van der Waals surface area (Å²) in [6, 6.07) is 10.9. The van der Waals surface area contributed by atoms with E-state index in [0.29, 0.717) is 27.8 Å². The van der Waals surface area contributed by atoms with E-state index in [1.807, 2.05) is 12.1 Å². The lowest BCUT2D eigenvalue weighted by atomic mass is 10.0. The van der Waals surface area contributed by atoms with Gasteiger partial charge in [-0.25, -0.2) is 0 Å². The second-order valence-electron chi connectivity index (χ2n) is 6.95. The number of carbonyl (C=O) groups excluding carboxylic acids is 2. The normalized spacial score (nSPS) is 11.7. The van der Waals surface area contributed by atoms with Gasteiger partial charge in [0.25, 0.3) is 5.91 Å². The number of methoxy groups -OCH3 is 3. The van der Waals surface area contributed by atoms with Gasteiger partial charge in [-0.3, -0.25) is 9.59 Å². The number of nitrogens with zero attached hydrogens (tertiary/aromatic N) is 2. The number of aromatic nitrogens is 1. The molecule has 0 saturated carbocycles. The van der Waals surface area contributed by atoms with Crippen LogP contribution in [0.25, 0.3) is 10.2 Å². The second-order valence-corrected chi connectivity index (χ2v) is 7.96. The molecule has 1 amide bonds. The zero-order chi connectivity index (χ0) is 21.8. The molecule has 0 fully saturated rings. The molecule has 0 atom stereocenters. The summed E-state index contributed by atoms with van der Waals surface area (Å²) in [4.78, 5) is 29.6. The third-order valence-corrected chi connectivity index (χ3v) is 5.73. The largest absolute Gasteiger partial charge is 0.497 e. The van der Waals surface area contributed by atoms with Crippen LogP contribution in [0, 0.1) is 0 Å². The van der Waals surface area contributed by atoms with Crippen LogP contribution in [0.5, 0.6) is 11.5 Å². The Morgan fingerprint density at radius 1 is 1.03 bits per heavy atom. The molecule has 0 N–H and O–H groups in total. The second kappa shape index (κ2) is 9.13. The van der Waals surface area contributed by atoms with Crippen LogP contribution >= 0.6 is 11.3 Å². The van der Waals surface area contributed by atoms with Crippen LogP contribution in [0.1, 0.15) is 35.7 Å². The van der Waals surface area contributed by atoms with E-state index >= 15 is 0 Å². The molecule has 0 aliphatic carbocycles. The van der Waals surface area contributed by atoms with Crippen molar-refractivity contribution in [1.29, 1.82) is 0 Å². The number of hydrogen-bond donors (Lipinski definition) is 0. The fourth-order valence-corrected chi connectivity index (χ4v) is 4.04. The Hall–Kier alpha value is -3.13. The maximum atomic E-state index is 12.9. The highest BCUT2D eigenvalue weighted by Crippen LogP contribution is 2.25. The molecule has 30 heavy (non-hydrogen) atoms. The van der Waals surface area contributed by atoms with E-state index in [9.17, 15) is 9.59 Å². The summed E-state index contributed by atoms with van der Waals surface area (Å²) in [6.45, 7) is 4.19. The molecule has 2 aromatic carbocycles. The SMILES string of the molecule is COC(=O)Cn1c(=NC(=O)c2cc(OC)cc(OC)c2)sc2cc(C(C)C)ccc21. The molecule has 0 bridgehead atoms. The van der Waals surface area contributed by atoms with Crippen molar-refractivity contribution in [3.05, 3.63) is 52.3 Å². The van der Waals surface area contributed by atoms with Crippen LogP contribution in [0.15, 0.2) is 41.4 Å². The highest BCUT2D eigenvalue weighted by Gasteiger charge is 2.15. The minimum atomic E-state index is -0.457. The third kappa shape index (κ3) is 4.54. The summed E-state index contributed by atoms with van der Waals surface area (Å²) >= 11 is 1.36. The van der Waals surface area contributed by atoms with E-state index in [-0.39, 0.29) is 6.54 Å². The molecule has 3 aromatic rings. The maximum Gasteiger partial charge on any atom is 0.325 e. The molecule has 1 aromatic heterocycles. The molecule has 8 heteroatoms. The van der Waals surface area contributed by atoms with E-state index in [1.54, 1.807) is 22.8 Å². The van der Waals surface area contributed by atoms with Gasteiger partial charge in [0.15, 0.2) is 4.80 Å². The molecule has 0 saturated heterocycles. The highest BCUT2D eigenvalue weighted by atomic mass is 32.1. The van der Waals surface area contributed by atoms with E-state index in [2.05, 4.69) is 24.9 Å². The van der Waals surface area contributed by atoms with E-state index in [4.69, 9.17) is 14.2 Å². The molecule has 0 radical (unpaired) electrons. The van der Waals surface area contributed by atoms with Crippen molar-refractivity contribution < 1.29 is 23.8 Å². The van der Waals surface area contributed by atoms with Gasteiger partial charge in [-0.15, -0.1) is 0 Å². The first-order valence-corrected chi connectivity index (χ1v) is 10.2. The van der Waals surface area contributed by atoms with Crippen LogP contribution in [0.2, 0.25) is 0 Å². The Morgan fingerprint density at radius 2 is 1.70 bits per heavy atom. The lowest BCUT2D eigenvalue weighted by Gasteiger charge is -2.07. The molecular formula is C22H24N2O5S. The summed E-state index contributed by atoms with van der Waals surface area (Å²) in [7, 11) is 4.37. The Morgan fingerprint density at radius 3 is 2.27 bits per heavy atom. The quantitative estimate of drug-likeness (QED) is 0.559. The van der Waals surface area contributed by atoms with Gasteiger partial charge in [-0.05, 0) is 35.7 Å². The van der Waals surface area contributed by atoms with Crippen molar-refractivity contribution in [1.82, 2.24) is 4.57 Å². The van der Waals surface area contributed by atoms with Crippen LogP contribution in [0.3, 0.4) is 0 Å². The number of rotatable bonds is 6. The number of hydrogen-bond acceptors (Lipinski definition) is 6. The van der Waals surface area contributed by atoms with Gasteiger partial charge in [-0.2, -0.15) is 4.99 Å². The first kappa shape index (κ1) is 21.6. The molecule has 7 nitrogen and oxygen atoms in total. The monoisotopic (exact) mass is 428 g/mol. The Bertz CT molecular complexity index is 1140. The highest BCUT2D eigenvalue weighted by molar-refractivity contribution is 7.16. The number of ether oxygens (including phenoxy) is 3. The van der Waals surface area contributed by atoms with Gasteiger partial charge < -0.3 is 18.8 Å². The molecule has 0 aliphatic rings. The summed E-state index contributed by atoms with van der Waals surface area (Å²) < 4.78 is 17.9. The Kier molecular flexibility index (Phi) is 6.56. The van der Waals surface area contributed by atoms with Crippen molar-refractivity contribution in [3.8, 4) is 11.5 Å². The average Bonchev–Trinajstić information content (AvgIpc) is 3.08. The topological polar surface area (TPSA) is 79.1 Å². The fourth-order valence-electron chi connectivity index (χ4n) is 2.96. The molecule has 3 rings (SSSR count). The molecule has 158 valence electrons. The predicted octanol–water partition coefficient (Wildman–Crippen LogP) is 3.76. The standard InChI is InChI=1S/C22H24N2O5S/c1-13(2)14-6-7-18-19(10-14)30-22(24(18)12-20(25)29-5)23-21(26)15-8-16(27-3)11-17(9-15)28-4/h6-11,13H,12H2,1-5H3. The molecule has 0 spiro atoms. The van der Waals surface area contributed by atoms with Gasteiger partial charge in [0, 0.05) is 11.6 Å². The van der Waals surface area contributed by atoms with Gasteiger partial charge in [0.2, 0.25) is 0 Å². The fraction of sp³-hybridized carbons (Fsp3) is 0.318. The lowest BCUT2D eigenvalue weighted by Crippen LogP contribution is -2.22. The summed E-state index contributed by atoms with van der Waals surface area (Å²) in [6.07, 6.45) is 0. The van der Waals surface area contributed by atoms with Crippen molar-refractivity contribution >= 4 is 33.4 Å². The summed E-state index contributed by atoms with van der Waals surface area (Å²) in [5.41, 5.74) is 2.32. The number of fused-ring (bicyclic) bond motifs is 1. The molecular weight excluding hydrogens is 404 g/mol. The van der Waals surface area contributed by atoms with Crippen LogP contribution < -0.4 is 14.3 Å². The van der Waals surface area contributed by atoms with Crippen LogP contribution in [0.4, 0.5) is 0 Å². The number of carbonyl (C=O) groups is 2. The number of esters is 1. The molecule has 1 heterocycles. The third-order valence-electron chi connectivity index (χ3n) is 4.68. The Labute approximate surface area is 178 Å². The minimum absolute atomic E-state index is 0.0366. The van der Waals surface area contributed by atoms with Gasteiger partial charge in [0.1, 0.15) is 18.0 Å². The van der Waals surface area contributed by atoms with Gasteiger partial charge in [-0.1, -0.05) is 31.3 Å². The maximum absolute atomic E-state index is 12.9. The number of amides is 1. The zero-order valence-electron chi connectivity index (χ0n) is 17.6. The molecule has 0 aliphatic heterocycles. The number of benzene rings is 2. The minimum Gasteiger partial charge on any atom is -0.497 e. The summed E-state index contributed by atoms with van der Waals surface area (Å²) in [5.74, 6) is 0.472. The van der Waals surface area contributed by atoms with Crippen LogP contribution in [-0.4, -0.2) is 37.8 Å². The zero-order valence-corrected chi connectivity index (χ0v) is 18.4. The Balaban J connectivity index is 2.15. The van der Waals surface area contributed by atoms with Gasteiger partial charge in [0.05, 0.1) is 31.5 Å². The average molecular weight is 429 g/mol. The van der Waals surface area contributed by atoms with E-state index in [1.165, 1.54) is 38.2 Å². The van der Waals surface area contributed by atoms with E-state index < -0.39 is 11.9 Å². The van der Waals surface area contributed by atoms with Crippen molar-refractivity contribution in [2.24, 2.45) is 4.99 Å². The van der Waals surface area contributed by atoms with Gasteiger partial charge >= 0.3 is 5.97 Å². The first-order chi connectivity index (χ1) is 14.4. The number of thiazole rings is 1.